The Balaban J connectivity index is 1.35. The molecule has 0 radical (unpaired) electrons. The van der Waals surface area contributed by atoms with Gasteiger partial charge in [0.15, 0.2) is 5.65 Å². The number of benzene rings is 2. The summed E-state index contributed by atoms with van der Waals surface area (Å²) in [6, 6.07) is 11.6. The van der Waals surface area contributed by atoms with E-state index in [0.717, 1.165) is 31.5 Å². The predicted molar refractivity (Wildman–Crippen MR) is 138 cm³/mol. The molecule has 6 rings (SSSR count). The van der Waals surface area contributed by atoms with Crippen molar-refractivity contribution in [3.05, 3.63) is 60.3 Å². The predicted octanol–water partition coefficient (Wildman–Crippen LogP) is 2.86. The number of anilines is 2. The third-order valence-electron chi connectivity index (χ3n) is 6.82. The van der Waals surface area contributed by atoms with Crippen molar-refractivity contribution in [3.8, 4) is 17.0 Å². The van der Waals surface area contributed by atoms with Crippen molar-refractivity contribution in [2.75, 3.05) is 31.2 Å². The summed E-state index contributed by atoms with van der Waals surface area (Å²) in [5, 5.41) is 11.4. The lowest BCUT2D eigenvalue weighted by Crippen LogP contribution is -2.86. The highest BCUT2D eigenvalue weighted by molar-refractivity contribution is 6.07. The fourth-order valence-electron chi connectivity index (χ4n) is 4.96. The van der Waals surface area contributed by atoms with E-state index in [1.54, 1.807) is 18.2 Å². The molecule has 1 aliphatic heterocycles. The van der Waals surface area contributed by atoms with Gasteiger partial charge in [-0.25, -0.2) is 19.0 Å². The van der Waals surface area contributed by atoms with Gasteiger partial charge in [-0.2, -0.15) is 5.10 Å². The number of quaternary nitrogens is 1. The number of rotatable bonds is 5. The van der Waals surface area contributed by atoms with E-state index in [2.05, 4.69) is 25.6 Å². The van der Waals surface area contributed by atoms with Crippen LogP contribution in [0.15, 0.2) is 48.8 Å². The molecule has 1 fully saturated rings. The van der Waals surface area contributed by atoms with Crippen molar-refractivity contribution in [2.24, 2.45) is 0 Å². The Bertz CT molecular complexity index is 1640. The van der Waals surface area contributed by atoms with Crippen LogP contribution in [0.3, 0.4) is 0 Å². The number of aromatic nitrogens is 5. The molecule has 0 bridgehead atoms. The van der Waals surface area contributed by atoms with Crippen LogP contribution in [0.25, 0.3) is 33.2 Å². The molecule has 4 heterocycles. The van der Waals surface area contributed by atoms with Crippen LogP contribution in [0, 0.1) is 5.82 Å². The topological polar surface area (TPSA) is 140 Å². The minimum atomic E-state index is -0.371. The molecule has 3 aromatic heterocycles. The number of nitrogen functional groups attached to an aromatic ring is 1. The number of piperidine rings is 1. The fraction of sp³-hybridized carbons (Fsp3) is 0.231. The number of carbonyl (C=O) groups excluding carboxylic acids is 1. The molecule has 1 aliphatic rings. The fourth-order valence-corrected chi connectivity index (χ4v) is 4.96. The van der Waals surface area contributed by atoms with Gasteiger partial charge in [-0.1, -0.05) is 6.07 Å². The second kappa shape index (κ2) is 9.17. The van der Waals surface area contributed by atoms with Crippen LogP contribution < -0.4 is 21.1 Å². The summed E-state index contributed by atoms with van der Waals surface area (Å²) in [6.07, 6.45) is 3.45. The average molecular weight is 502 g/mol. The van der Waals surface area contributed by atoms with E-state index in [4.69, 9.17) is 15.6 Å². The summed E-state index contributed by atoms with van der Waals surface area (Å²) in [5.41, 5.74) is 9.89. The maximum atomic E-state index is 13.5. The van der Waals surface area contributed by atoms with Gasteiger partial charge < -0.3 is 26.1 Å². The number of nitrogens with one attached hydrogen (secondary N) is 2. The SMILES string of the molecule is COc1cc(-c2nn(C3CC[NH2+]CC3)c3ncnc(N)c23)ccc1NC(=O)c1cc2cc(F)ccc2[nH]1. The monoisotopic (exact) mass is 501 g/mol. The van der Waals surface area contributed by atoms with Gasteiger partial charge in [0.05, 0.1) is 37.3 Å². The van der Waals surface area contributed by atoms with Crippen LogP contribution in [0.1, 0.15) is 29.4 Å². The Labute approximate surface area is 211 Å². The molecular weight excluding hydrogens is 475 g/mol. The summed E-state index contributed by atoms with van der Waals surface area (Å²) in [6.45, 7) is 2.07. The minimum absolute atomic E-state index is 0.237. The zero-order chi connectivity index (χ0) is 25.5. The number of ether oxygens (including phenoxy) is 1. The van der Waals surface area contributed by atoms with E-state index in [0.29, 0.717) is 50.6 Å². The number of methoxy groups -OCH3 is 1. The summed E-state index contributed by atoms with van der Waals surface area (Å²) in [5.74, 6) is 0.0845. The van der Waals surface area contributed by atoms with E-state index in [1.165, 1.54) is 25.6 Å². The highest BCUT2D eigenvalue weighted by atomic mass is 19.1. The molecule has 0 spiro atoms. The van der Waals surface area contributed by atoms with Crippen LogP contribution in [0.5, 0.6) is 5.75 Å². The number of nitrogens with zero attached hydrogens (tertiary/aromatic N) is 4. The van der Waals surface area contributed by atoms with Gasteiger partial charge in [-0.3, -0.25) is 4.79 Å². The first-order chi connectivity index (χ1) is 18.0. The highest BCUT2D eigenvalue weighted by Crippen LogP contribution is 2.36. The third kappa shape index (κ3) is 4.12. The molecule has 0 saturated carbocycles. The molecule has 6 N–H and O–H groups in total. The van der Waals surface area contributed by atoms with E-state index in [9.17, 15) is 9.18 Å². The lowest BCUT2D eigenvalue weighted by atomic mass is 10.1. The number of H-pyrrole nitrogens is 1. The first kappa shape index (κ1) is 22.9. The number of fused-ring (bicyclic) bond motifs is 2. The van der Waals surface area contributed by atoms with Gasteiger partial charge in [-0.15, -0.1) is 0 Å². The van der Waals surface area contributed by atoms with Crippen molar-refractivity contribution in [1.82, 2.24) is 24.7 Å². The summed E-state index contributed by atoms with van der Waals surface area (Å²) < 4.78 is 21.1. The Morgan fingerprint density at radius 1 is 1.19 bits per heavy atom. The van der Waals surface area contributed by atoms with Crippen LogP contribution in [0.2, 0.25) is 0 Å². The second-order valence-electron chi connectivity index (χ2n) is 9.13. The summed E-state index contributed by atoms with van der Waals surface area (Å²) in [7, 11) is 1.53. The Morgan fingerprint density at radius 2 is 2.03 bits per heavy atom. The molecule has 5 aromatic rings. The lowest BCUT2D eigenvalue weighted by Gasteiger charge is -2.21. The van der Waals surface area contributed by atoms with Crippen LogP contribution >= 0.6 is 0 Å². The van der Waals surface area contributed by atoms with Crippen molar-refractivity contribution >= 4 is 39.3 Å². The lowest BCUT2D eigenvalue weighted by molar-refractivity contribution is -0.664. The summed E-state index contributed by atoms with van der Waals surface area (Å²) >= 11 is 0. The van der Waals surface area contributed by atoms with Crippen molar-refractivity contribution in [1.29, 1.82) is 0 Å². The van der Waals surface area contributed by atoms with E-state index in [-0.39, 0.29) is 17.8 Å². The first-order valence-corrected chi connectivity index (χ1v) is 12.1. The standard InChI is InChI=1S/C26H25FN8O2/c1-37-21-12-14(2-4-19(21)33-26(36)20-11-15-10-16(27)3-5-18(15)32-20)23-22-24(28)30-13-31-25(22)35(34-23)17-6-8-29-9-7-17/h2-5,10-13,17,29,32H,6-9H2,1H3,(H,33,36)(H2,28,30,31)/p+1. The van der Waals surface area contributed by atoms with Gasteiger partial charge in [0, 0.05) is 29.3 Å². The molecule has 0 unspecified atom stereocenters. The van der Waals surface area contributed by atoms with Gasteiger partial charge >= 0.3 is 0 Å². The minimum Gasteiger partial charge on any atom is -0.495 e. The molecular formula is C26H26FN8O2+. The Morgan fingerprint density at radius 3 is 2.84 bits per heavy atom. The first-order valence-electron chi connectivity index (χ1n) is 12.1. The largest absolute Gasteiger partial charge is 0.495 e. The normalized spacial score (nSPS) is 14.3. The summed E-state index contributed by atoms with van der Waals surface area (Å²) in [4.78, 5) is 24.7. The van der Waals surface area contributed by atoms with Gasteiger partial charge in [0.1, 0.15) is 35.1 Å². The molecule has 188 valence electrons. The smallest absolute Gasteiger partial charge is 0.272 e. The molecule has 0 atom stereocenters. The number of carbonyl (C=O) groups is 1. The number of hydrogen-bond acceptors (Lipinski definition) is 6. The van der Waals surface area contributed by atoms with Crippen molar-refractivity contribution in [3.63, 3.8) is 0 Å². The zero-order valence-corrected chi connectivity index (χ0v) is 20.2. The van der Waals surface area contributed by atoms with E-state index in [1.807, 2.05) is 16.8 Å². The van der Waals surface area contributed by atoms with E-state index >= 15 is 0 Å². The molecule has 37 heavy (non-hydrogen) atoms. The van der Waals surface area contributed by atoms with Gasteiger partial charge in [0.2, 0.25) is 0 Å². The maximum absolute atomic E-state index is 13.5. The molecule has 0 aliphatic carbocycles. The van der Waals surface area contributed by atoms with Gasteiger partial charge in [-0.05, 0) is 36.4 Å². The van der Waals surface area contributed by atoms with Crippen LogP contribution in [-0.2, 0) is 0 Å². The highest BCUT2D eigenvalue weighted by Gasteiger charge is 2.25. The van der Waals surface area contributed by atoms with E-state index < -0.39 is 0 Å². The average Bonchev–Trinajstić information content (AvgIpc) is 3.52. The molecule has 10 nitrogen and oxygen atoms in total. The third-order valence-corrected chi connectivity index (χ3v) is 6.82. The van der Waals surface area contributed by atoms with Crippen LogP contribution in [0.4, 0.5) is 15.9 Å². The van der Waals surface area contributed by atoms with Crippen molar-refractivity contribution < 1.29 is 19.2 Å². The Hall–Kier alpha value is -4.51. The molecule has 1 saturated heterocycles. The Kier molecular flexibility index (Phi) is 5.68. The number of aromatic amines is 1. The molecule has 11 heteroatoms. The number of halogens is 1. The number of nitrogens with two attached hydrogens (primary N) is 2. The van der Waals surface area contributed by atoms with Crippen LogP contribution in [-0.4, -0.2) is 50.8 Å². The maximum Gasteiger partial charge on any atom is 0.272 e. The number of hydrogen-bond donors (Lipinski definition) is 4. The quantitative estimate of drug-likeness (QED) is 0.292. The molecule has 2 aromatic carbocycles. The number of amides is 1. The second-order valence-corrected chi connectivity index (χ2v) is 9.13. The van der Waals surface area contributed by atoms with Crippen molar-refractivity contribution in [2.45, 2.75) is 18.9 Å². The zero-order valence-electron chi connectivity index (χ0n) is 20.2. The molecule has 1 amide bonds. The van der Waals surface area contributed by atoms with Gasteiger partial charge in [0.25, 0.3) is 5.91 Å².